The van der Waals surface area contributed by atoms with Gasteiger partial charge in [-0.15, -0.1) is 24.0 Å². The summed E-state index contributed by atoms with van der Waals surface area (Å²) in [6.45, 7) is 3.43. The van der Waals surface area contributed by atoms with Crippen molar-refractivity contribution in [3.63, 3.8) is 0 Å². The molecule has 0 unspecified atom stereocenters. The molecule has 0 aliphatic heterocycles. The van der Waals surface area contributed by atoms with Crippen LogP contribution in [0.25, 0.3) is 0 Å². The molecule has 0 saturated heterocycles. The van der Waals surface area contributed by atoms with Crippen LogP contribution in [0, 0.1) is 12.7 Å². The molecule has 136 valence electrons. The van der Waals surface area contributed by atoms with E-state index in [4.69, 9.17) is 4.74 Å². The molecule has 0 aliphatic rings. The summed E-state index contributed by atoms with van der Waals surface area (Å²) in [7, 11) is 3.41. The molecule has 0 bridgehead atoms. The molecule has 0 spiro atoms. The average molecular weight is 457 g/mol. The predicted molar refractivity (Wildman–Crippen MR) is 111 cm³/mol. The van der Waals surface area contributed by atoms with Gasteiger partial charge in [0.1, 0.15) is 11.6 Å². The Morgan fingerprint density at radius 2 is 1.80 bits per heavy atom. The highest BCUT2D eigenvalue weighted by atomic mass is 127. The molecule has 2 aromatic rings. The summed E-state index contributed by atoms with van der Waals surface area (Å²) in [6, 6.07) is 12.7. The molecule has 0 amide bonds. The number of benzene rings is 2. The van der Waals surface area contributed by atoms with E-state index in [0.29, 0.717) is 6.54 Å². The molecule has 0 aliphatic carbocycles. The first-order chi connectivity index (χ1) is 11.6. The van der Waals surface area contributed by atoms with Gasteiger partial charge in [-0.05, 0) is 54.3 Å². The molecule has 25 heavy (non-hydrogen) atoms. The zero-order valence-corrected chi connectivity index (χ0v) is 17.1. The molecule has 4 nitrogen and oxygen atoms in total. The van der Waals surface area contributed by atoms with Gasteiger partial charge in [-0.1, -0.05) is 18.2 Å². The number of guanidine groups is 1. The lowest BCUT2D eigenvalue weighted by molar-refractivity contribution is 0.414. The highest BCUT2D eigenvalue weighted by molar-refractivity contribution is 14.0. The lowest BCUT2D eigenvalue weighted by Crippen LogP contribution is -2.37. The van der Waals surface area contributed by atoms with Crippen molar-refractivity contribution in [3.05, 3.63) is 65.0 Å². The minimum atomic E-state index is -0.210. The summed E-state index contributed by atoms with van der Waals surface area (Å²) in [5.74, 6) is 1.38. The van der Waals surface area contributed by atoms with Crippen molar-refractivity contribution in [2.24, 2.45) is 4.99 Å². The second kappa shape index (κ2) is 10.9. The number of hydrogen-bond donors (Lipinski definition) is 2. The van der Waals surface area contributed by atoms with Crippen LogP contribution in [-0.2, 0) is 13.0 Å². The van der Waals surface area contributed by atoms with Gasteiger partial charge >= 0.3 is 0 Å². The number of ether oxygens (including phenoxy) is 1. The van der Waals surface area contributed by atoms with Gasteiger partial charge in [0, 0.05) is 20.1 Å². The first-order valence-corrected chi connectivity index (χ1v) is 7.94. The van der Waals surface area contributed by atoms with Crippen LogP contribution in [0.4, 0.5) is 4.39 Å². The Labute approximate surface area is 165 Å². The van der Waals surface area contributed by atoms with E-state index in [1.165, 1.54) is 12.1 Å². The number of nitrogens with zero attached hydrogens (tertiary/aromatic N) is 1. The highest BCUT2D eigenvalue weighted by Gasteiger charge is 2.02. The van der Waals surface area contributed by atoms with E-state index in [1.54, 1.807) is 26.3 Å². The van der Waals surface area contributed by atoms with Crippen LogP contribution >= 0.6 is 24.0 Å². The fourth-order valence-corrected chi connectivity index (χ4v) is 2.43. The van der Waals surface area contributed by atoms with E-state index in [-0.39, 0.29) is 29.8 Å². The van der Waals surface area contributed by atoms with Crippen molar-refractivity contribution in [2.75, 3.05) is 20.7 Å². The summed E-state index contributed by atoms with van der Waals surface area (Å²) in [6.07, 6.45) is 0.805. The maximum absolute atomic E-state index is 12.9. The highest BCUT2D eigenvalue weighted by Crippen LogP contribution is 2.16. The van der Waals surface area contributed by atoms with Crippen molar-refractivity contribution in [3.8, 4) is 5.75 Å². The average Bonchev–Trinajstić information content (AvgIpc) is 2.59. The Balaban J connectivity index is 0.00000312. The maximum Gasteiger partial charge on any atom is 0.191 e. The number of aryl methyl sites for hydroxylation is 1. The van der Waals surface area contributed by atoms with Crippen molar-refractivity contribution in [1.29, 1.82) is 0 Å². The lowest BCUT2D eigenvalue weighted by atomic mass is 10.1. The smallest absolute Gasteiger partial charge is 0.191 e. The molecule has 0 atom stereocenters. The second-order valence-electron chi connectivity index (χ2n) is 5.59. The molecule has 2 N–H and O–H groups in total. The van der Waals surface area contributed by atoms with Crippen LogP contribution in [-0.4, -0.2) is 26.7 Å². The normalized spacial score (nSPS) is 10.8. The van der Waals surface area contributed by atoms with E-state index < -0.39 is 0 Å². The summed E-state index contributed by atoms with van der Waals surface area (Å²) in [5, 5.41) is 6.54. The topological polar surface area (TPSA) is 45.7 Å². The van der Waals surface area contributed by atoms with Crippen LogP contribution in [0.5, 0.6) is 5.75 Å². The summed E-state index contributed by atoms with van der Waals surface area (Å²) >= 11 is 0. The molecular weight excluding hydrogens is 432 g/mol. The zero-order chi connectivity index (χ0) is 17.4. The Morgan fingerprint density at radius 3 is 2.44 bits per heavy atom. The number of hydrogen-bond acceptors (Lipinski definition) is 2. The predicted octanol–water partition coefficient (Wildman–Crippen LogP) is 3.67. The minimum Gasteiger partial charge on any atom is -0.497 e. The van der Waals surface area contributed by atoms with E-state index in [9.17, 15) is 4.39 Å². The summed E-state index contributed by atoms with van der Waals surface area (Å²) < 4.78 is 18.2. The van der Waals surface area contributed by atoms with Crippen LogP contribution in [0.3, 0.4) is 0 Å². The molecule has 0 fully saturated rings. The summed E-state index contributed by atoms with van der Waals surface area (Å²) in [5.41, 5.74) is 3.38. The van der Waals surface area contributed by atoms with Gasteiger partial charge in [0.2, 0.25) is 0 Å². The molecule has 0 saturated carbocycles. The van der Waals surface area contributed by atoms with Gasteiger partial charge < -0.3 is 15.4 Å². The van der Waals surface area contributed by atoms with Crippen LogP contribution in [0.1, 0.15) is 16.7 Å². The number of halogens is 2. The van der Waals surface area contributed by atoms with Crippen molar-refractivity contribution in [2.45, 2.75) is 19.9 Å². The minimum absolute atomic E-state index is 0. The van der Waals surface area contributed by atoms with E-state index in [1.807, 2.05) is 19.1 Å². The third-order valence-corrected chi connectivity index (χ3v) is 3.65. The lowest BCUT2D eigenvalue weighted by Gasteiger charge is -2.13. The molecule has 0 heterocycles. The van der Waals surface area contributed by atoms with E-state index >= 15 is 0 Å². The van der Waals surface area contributed by atoms with Gasteiger partial charge in [0.15, 0.2) is 5.96 Å². The van der Waals surface area contributed by atoms with Crippen molar-refractivity contribution < 1.29 is 9.13 Å². The largest absolute Gasteiger partial charge is 0.497 e. The Kier molecular flexibility index (Phi) is 9.26. The van der Waals surface area contributed by atoms with Gasteiger partial charge in [-0.25, -0.2) is 4.39 Å². The fourth-order valence-electron chi connectivity index (χ4n) is 2.43. The van der Waals surface area contributed by atoms with E-state index in [2.05, 4.69) is 21.7 Å². The van der Waals surface area contributed by atoms with Crippen molar-refractivity contribution >= 4 is 29.9 Å². The molecule has 2 rings (SSSR count). The first-order valence-electron chi connectivity index (χ1n) is 7.94. The third-order valence-electron chi connectivity index (χ3n) is 3.65. The van der Waals surface area contributed by atoms with Gasteiger partial charge in [-0.3, -0.25) is 4.99 Å². The van der Waals surface area contributed by atoms with Gasteiger partial charge in [-0.2, -0.15) is 0 Å². The Hall–Kier alpha value is -1.83. The van der Waals surface area contributed by atoms with Crippen molar-refractivity contribution in [1.82, 2.24) is 10.6 Å². The van der Waals surface area contributed by atoms with Gasteiger partial charge in [0.05, 0.1) is 7.11 Å². The fraction of sp³-hybridized carbons (Fsp3) is 0.316. The molecule has 0 aromatic heterocycles. The quantitative estimate of drug-likeness (QED) is 0.396. The Morgan fingerprint density at radius 1 is 1.08 bits per heavy atom. The standard InChI is InChI=1S/C19H24FN3O.HI/c1-14-10-16(12-18(11-14)24-3)13-23-19(21-2)22-9-8-15-4-6-17(20)7-5-15;/h4-7,10-12H,8-9,13H2,1-3H3,(H2,21,22,23);1H. The maximum atomic E-state index is 12.9. The van der Waals surface area contributed by atoms with Crippen LogP contribution in [0.2, 0.25) is 0 Å². The zero-order valence-electron chi connectivity index (χ0n) is 14.8. The number of methoxy groups -OCH3 is 1. The first kappa shape index (κ1) is 21.2. The second-order valence-corrected chi connectivity index (χ2v) is 5.59. The number of nitrogens with one attached hydrogen (secondary N) is 2. The number of aliphatic imine (C=N–C) groups is 1. The molecule has 0 radical (unpaired) electrons. The molecule has 6 heteroatoms. The van der Waals surface area contributed by atoms with Crippen LogP contribution < -0.4 is 15.4 Å². The SMILES string of the molecule is CN=C(NCCc1ccc(F)cc1)NCc1cc(C)cc(OC)c1.I. The van der Waals surface area contributed by atoms with Crippen LogP contribution in [0.15, 0.2) is 47.5 Å². The Bertz CT molecular complexity index is 690. The monoisotopic (exact) mass is 457 g/mol. The number of rotatable bonds is 6. The molecule has 2 aromatic carbocycles. The van der Waals surface area contributed by atoms with E-state index in [0.717, 1.165) is 41.4 Å². The third kappa shape index (κ3) is 7.29. The van der Waals surface area contributed by atoms with Gasteiger partial charge in [0.25, 0.3) is 0 Å². The summed E-state index contributed by atoms with van der Waals surface area (Å²) in [4.78, 5) is 4.22. The molecular formula is C19H25FIN3O.